The predicted molar refractivity (Wildman–Crippen MR) is 182 cm³/mol. The van der Waals surface area contributed by atoms with Crippen LogP contribution in [0.3, 0.4) is 0 Å². The zero-order valence-electron chi connectivity index (χ0n) is 26.6. The normalized spacial score (nSPS) is 12.9. The van der Waals surface area contributed by atoms with Crippen LogP contribution in [-0.4, -0.2) is 35.8 Å². The van der Waals surface area contributed by atoms with E-state index in [1.165, 1.54) is 16.7 Å². The molecule has 3 atom stereocenters. The molecule has 0 aliphatic heterocycles. The molecule has 234 valence electrons. The summed E-state index contributed by atoms with van der Waals surface area (Å²) in [5.41, 5.74) is 4.48. The first kappa shape index (κ1) is 33.2. The second-order valence-corrected chi connectivity index (χ2v) is 12.0. The Morgan fingerprint density at radius 2 is 0.689 bits per heavy atom. The van der Waals surface area contributed by atoms with Crippen molar-refractivity contribution in [3.63, 3.8) is 0 Å². The molecule has 0 aliphatic carbocycles. The van der Waals surface area contributed by atoms with Gasteiger partial charge in [-0.05, 0) is 94.2 Å². The van der Waals surface area contributed by atoms with Crippen LogP contribution in [-0.2, 0) is 19.3 Å². The van der Waals surface area contributed by atoms with Crippen LogP contribution in [0.5, 0.6) is 0 Å². The standard InChI is InChI=1S/C39H45N3O3/c1-28(19-22-31-13-7-4-8-14-31)40-37(43)34-25-35(38(44)41-29(2)20-23-32-15-9-5-10-16-32)27-36(26-34)39(45)42-30(3)21-24-33-17-11-6-12-18-33/h4-18,25-30H,19-24H2,1-3H3,(H,40,43)(H,41,44)(H,42,45)/t28-,29-,30-/m1/s1. The van der Waals surface area contributed by atoms with Crippen LogP contribution >= 0.6 is 0 Å². The van der Waals surface area contributed by atoms with Crippen molar-refractivity contribution in [2.75, 3.05) is 0 Å². The van der Waals surface area contributed by atoms with Gasteiger partial charge in [0.05, 0.1) is 0 Å². The third kappa shape index (κ3) is 11.1. The smallest absolute Gasteiger partial charge is 0.251 e. The van der Waals surface area contributed by atoms with Crippen molar-refractivity contribution in [1.29, 1.82) is 0 Å². The number of carbonyl (C=O) groups is 3. The van der Waals surface area contributed by atoms with Gasteiger partial charge in [-0.15, -0.1) is 0 Å². The molecule has 0 aromatic heterocycles. The van der Waals surface area contributed by atoms with Crippen molar-refractivity contribution >= 4 is 17.7 Å². The maximum Gasteiger partial charge on any atom is 0.251 e. The lowest BCUT2D eigenvalue weighted by atomic mass is 10.0. The van der Waals surface area contributed by atoms with Gasteiger partial charge in [0.25, 0.3) is 17.7 Å². The summed E-state index contributed by atoms with van der Waals surface area (Å²) in [5, 5.41) is 9.16. The van der Waals surface area contributed by atoms with E-state index in [0.29, 0.717) is 0 Å². The van der Waals surface area contributed by atoms with Gasteiger partial charge in [0.2, 0.25) is 0 Å². The molecular formula is C39H45N3O3. The first-order chi connectivity index (χ1) is 21.8. The molecule has 0 heterocycles. The summed E-state index contributed by atoms with van der Waals surface area (Å²) in [6.07, 6.45) is 4.80. The third-order valence-corrected chi connectivity index (χ3v) is 7.98. The van der Waals surface area contributed by atoms with Crippen molar-refractivity contribution in [3.05, 3.63) is 143 Å². The Morgan fingerprint density at radius 3 is 0.933 bits per heavy atom. The van der Waals surface area contributed by atoms with Crippen molar-refractivity contribution in [1.82, 2.24) is 16.0 Å². The minimum atomic E-state index is -0.312. The molecule has 6 nitrogen and oxygen atoms in total. The summed E-state index contributed by atoms with van der Waals surface area (Å²) < 4.78 is 0. The average molecular weight is 604 g/mol. The van der Waals surface area contributed by atoms with Crippen molar-refractivity contribution in [2.45, 2.75) is 77.4 Å². The van der Waals surface area contributed by atoms with E-state index >= 15 is 0 Å². The molecule has 0 unspecified atom stereocenters. The van der Waals surface area contributed by atoms with E-state index in [1.54, 1.807) is 18.2 Å². The number of carbonyl (C=O) groups excluding carboxylic acids is 3. The van der Waals surface area contributed by atoms with Crippen LogP contribution < -0.4 is 16.0 Å². The van der Waals surface area contributed by atoms with Gasteiger partial charge in [0.15, 0.2) is 0 Å². The molecule has 3 amide bonds. The molecule has 0 radical (unpaired) electrons. The average Bonchev–Trinajstić information content (AvgIpc) is 3.06. The summed E-state index contributed by atoms with van der Waals surface area (Å²) in [6.45, 7) is 5.90. The van der Waals surface area contributed by atoms with Gasteiger partial charge in [0, 0.05) is 34.8 Å². The van der Waals surface area contributed by atoms with Gasteiger partial charge >= 0.3 is 0 Å². The Hall–Kier alpha value is -4.71. The molecule has 0 saturated heterocycles. The van der Waals surface area contributed by atoms with Gasteiger partial charge in [-0.1, -0.05) is 91.0 Å². The molecule has 0 aliphatic rings. The topological polar surface area (TPSA) is 87.3 Å². The fourth-order valence-corrected chi connectivity index (χ4v) is 5.24. The van der Waals surface area contributed by atoms with E-state index in [-0.39, 0.29) is 52.5 Å². The lowest BCUT2D eigenvalue weighted by Gasteiger charge is -2.18. The quantitative estimate of drug-likeness (QED) is 0.138. The number of aryl methyl sites for hydroxylation is 3. The highest BCUT2D eigenvalue weighted by Gasteiger charge is 2.20. The van der Waals surface area contributed by atoms with Crippen molar-refractivity contribution in [2.24, 2.45) is 0 Å². The molecule has 0 saturated carbocycles. The maximum atomic E-state index is 13.4. The molecular weight excluding hydrogens is 558 g/mol. The zero-order chi connectivity index (χ0) is 32.0. The summed E-state index contributed by atoms with van der Waals surface area (Å²) in [4.78, 5) is 40.2. The second kappa shape index (κ2) is 17.0. The van der Waals surface area contributed by atoms with Crippen LogP contribution in [0.4, 0.5) is 0 Å². The van der Waals surface area contributed by atoms with E-state index in [4.69, 9.17) is 0 Å². The number of amides is 3. The Labute approximate surface area is 267 Å². The zero-order valence-corrected chi connectivity index (χ0v) is 26.6. The monoisotopic (exact) mass is 603 g/mol. The first-order valence-corrected chi connectivity index (χ1v) is 16.0. The van der Waals surface area contributed by atoms with E-state index in [2.05, 4.69) is 52.3 Å². The van der Waals surface area contributed by atoms with Gasteiger partial charge in [-0.3, -0.25) is 14.4 Å². The van der Waals surface area contributed by atoms with Gasteiger partial charge in [-0.2, -0.15) is 0 Å². The lowest BCUT2D eigenvalue weighted by Crippen LogP contribution is -2.36. The van der Waals surface area contributed by atoms with Gasteiger partial charge < -0.3 is 16.0 Å². The van der Waals surface area contributed by atoms with Crippen molar-refractivity contribution < 1.29 is 14.4 Å². The molecule has 0 fully saturated rings. The molecule has 4 aromatic carbocycles. The van der Waals surface area contributed by atoms with Crippen LogP contribution in [0.1, 0.15) is 87.8 Å². The lowest BCUT2D eigenvalue weighted by molar-refractivity contribution is 0.0937. The molecule has 4 aromatic rings. The molecule has 0 bridgehead atoms. The third-order valence-electron chi connectivity index (χ3n) is 7.98. The Kier molecular flexibility index (Phi) is 12.5. The Morgan fingerprint density at radius 1 is 0.444 bits per heavy atom. The van der Waals surface area contributed by atoms with Crippen LogP contribution in [0, 0.1) is 0 Å². The van der Waals surface area contributed by atoms with Crippen LogP contribution in [0.2, 0.25) is 0 Å². The number of benzene rings is 4. The van der Waals surface area contributed by atoms with E-state index in [9.17, 15) is 14.4 Å². The molecule has 45 heavy (non-hydrogen) atoms. The molecule has 6 heteroatoms. The van der Waals surface area contributed by atoms with Crippen molar-refractivity contribution in [3.8, 4) is 0 Å². The van der Waals surface area contributed by atoms with Crippen LogP contribution in [0.25, 0.3) is 0 Å². The van der Waals surface area contributed by atoms with E-state index < -0.39 is 0 Å². The van der Waals surface area contributed by atoms with Crippen LogP contribution in [0.15, 0.2) is 109 Å². The maximum absolute atomic E-state index is 13.4. The van der Waals surface area contributed by atoms with E-state index in [1.807, 2.05) is 75.4 Å². The van der Waals surface area contributed by atoms with Gasteiger partial charge in [-0.25, -0.2) is 0 Å². The number of nitrogens with one attached hydrogen (secondary N) is 3. The van der Waals surface area contributed by atoms with Gasteiger partial charge in [0.1, 0.15) is 0 Å². The summed E-state index contributed by atoms with van der Waals surface area (Å²) >= 11 is 0. The molecule has 4 rings (SSSR count). The predicted octanol–water partition coefficient (Wildman–Crippen LogP) is 6.94. The minimum absolute atomic E-state index is 0.0940. The summed E-state index contributed by atoms with van der Waals surface area (Å²) in [7, 11) is 0. The molecule has 0 spiro atoms. The number of hydrogen-bond donors (Lipinski definition) is 3. The number of rotatable bonds is 15. The second-order valence-electron chi connectivity index (χ2n) is 12.0. The Bertz CT molecular complexity index is 1330. The van der Waals surface area contributed by atoms with E-state index in [0.717, 1.165) is 38.5 Å². The minimum Gasteiger partial charge on any atom is -0.350 e. The summed E-state index contributed by atoms with van der Waals surface area (Å²) in [5.74, 6) is -0.935. The molecule has 3 N–H and O–H groups in total. The largest absolute Gasteiger partial charge is 0.350 e. The highest BCUT2D eigenvalue weighted by Crippen LogP contribution is 2.15. The first-order valence-electron chi connectivity index (χ1n) is 16.0. The number of hydrogen-bond acceptors (Lipinski definition) is 3. The fraction of sp³-hybridized carbons (Fsp3) is 0.308. The highest BCUT2D eigenvalue weighted by molar-refractivity contribution is 6.04. The fourth-order valence-electron chi connectivity index (χ4n) is 5.24. The highest BCUT2D eigenvalue weighted by atomic mass is 16.2. The SMILES string of the molecule is C[C@H](CCc1ccccc1)NC(=O)c1cc(C(=O)N[C@H](C)CCc2ccccc2)cc(C(=O)N[C@H](C)CCc2ccccc2)c1. The summed E-state index contributed by atoms with van der Waals surface area (Å²) in [6, 6.07) is 34.9. The Balaban J connectivity index is 1.45.